The van der Waals surface area contributed by atoms with E-state index >= 15 is 0 Å². The van der Waals surface area contributed by atoms with Gasteiger partial charge in [0.2, 0.25) is 5.89 Å². The first-order chi connectivity index (χ1) is 14.7. The zero-order valence-corrected chi connectivity index (χ0v) is 19.4. The second-order valence-corrected chi connectivity index (χ2v) is 9.69. The normalized spacial score (nSPS) is 12.0. The molecule has 0 amide bonds. The Labute approximate surface area is 184 Å². The third-order valence-electron chi connectivity index (χ3n) is 5.61. The van der Waals surface area contributed by atoms with E-state index in [0.29, 0.717) is 29.1 Å². The average Bonchev–Trinajstić information content (AvgIpc) is 3.35. The van der Waals surface area contributed by atoms with Crippen LogP contribution in [0.15, 0.2) is 50.7 Å². The molecule has 0 aliphatic heterocycles. The van der Waals surface area contributed by atoms with Crippen molar-refractivity contribution in [2.24, 2.45) is 0 Å². The molecule has 0 N–H and O–H groups in total. The van der Waals surface area contributed by atoms with Gasteiger partial charge in [-0.1, -0.05) is 31.2 Å². The van der Waals surface area contributed by atoms with Gasteiger partial charge < -0.3 is 4.42 Å². The first-order valence-corrected chi connectivity index (χ1v) is 11.3. The van der Waals surface area contributed by atoms with Crippen LogP contribution in [0.5, 0.6) is 0 Å². The van der Waals surface area contributed by atoms with Gasteiger partial charge in [-0.15, -0.1) is 11.3 Å². The molecule has 0 aliphatic carbocycles. The minimum absolute atomic E-state index is 0.260. The molecule has 3 aromatic heterocycles. The van der Waals surface area contributed by atoms with Gasteiger partial charge in [-0.3, -0.25) is 13.9 Å². The van der Waals surface area contributed by atoms with Gasteiger partial charge in [-0.2, -0.15) is 0 Å². The summed E-state index contributed by atoms with van der Waals surface area (Å²) in [5.74, 6) is 0.468. The Balaban J connectivity index is 1.95. The maximum atomic E-state index is 13.5. The molecule has 0 fully saturated rings. The van der Waals surface area contributed by atoms with Crippen LogP contribution in [-0.2, 0) is 24.9 Å². The molecule has 0 spiro atoms. The Morgan fingerprint density at radius 2 is 1.84 bits per heavy atom. The van der Waals surface area contributed by atoms with Gasteiger partial charge in [0.25, 0.3) is 5.56 Å². The van der Waals surface area contributed by atoms with E-state index in [9.17, 15) is 9.59 Å². The lowest BCUT2D eigenvalue weighted by Crippen LogP contribution is -2.47. The molecule has 3 heterocycles. The molecule has 0 aliphatic rings. The number of oxazole rings is 1. The molecule has 1 aromatic carbocycles. The van der Waals surface area contributed by atoms with E-state index in [1.807, 2.05) is 39.8 Å². The number of hydrogen-bond donors (Lipinski definition) is 0. The number of aryl methyl sites for hydroxylation is 4. The second-order valence-electron chi connectivity index (χ2n) is 8.69. The monoisotopic (exact) mass is 437 g/mol. The number of nitrogens with zero attached hydrogens (tertiary/aromatic N) is 3. The third-order valence-corrected chi connectivity index (χ3v) is 6.92. The van der Waals surface area contributed by atoms with Gasteiger partial charge in [0.15, 0.2) is 0 Å². The number of rotatable bonds is 5. The van der Waals surface area contributed by atoms with E-state index in [4.69, 9.17) is 4.42 Å². The zero-order valence-electron chi connectivity index (χ0n) is 18.6. The molecule has 7 heteroatoms. The van der Waals surface area contributed by atoms with Crippen molar-refractivity contribution in [3.8, 4) is 10.8 Å². The Bertz CT molecular complexity index is 1350. The predicted molar refractivity (Wildman–Crippen MR) is 125 cm³/mol. The minimum Gasteiger partial charge on any atom is -0.444 e. The fourth-order valence-corrected chi connectivity index (χ4v) is 5.31. The zero-order chi connectivity index (χ0) is 22.3. The van der Waals surface area contributed by atoms with E-state index in [1.165, 1.54) is 33.3 Å². The predicted octanol–water partition coefficient (Wildman–Crippen LogP) is 4.75. The van der Waals surface area contributed by atoms with Crippen molar-refractivity contribution < 1.29 is 4.42 Å². The number of benzene rings is 1. The Kier molecular flexibility index (Phi) is 5.47. The Morgan fingerprint density at radius 1 is 1.13 bits per heavy atom. The van der Waals surface area contributed by atoms with Crippen molar-refractivity contribution in [1.82, 2.24) is 14.1 Å². The lowest BCUT2D eigenvalue weighted by Gasteiger charge is -2.23. The Hall–Kier alpha value is -2.93. The highest BCUT2D eigenvalue weighted by Crippen LogP contribution is 2.35. The molecule has 0 saturated carbocycles. The van der Waals surface area contributed by atoms with E-state index in [1.54, 1.807) is 10.8 Å². The van der Waals surface area contributed by atoms with Crippen LogP contribution in [0.3, 0.4) is 0 Å². The molecule has 31 heavy (non-hydrogen) atoms. The summed E-state index contributed by atoms with van der Waals surface area (Å²) in [5, 5.41) is 0.566. The van der Waals surface area contributed by atoms with Crippen molar-refractivity contribution in [1.29, 1.82) is 0 Å². The standard InChI is InChI=1S/C24H27N3O3S/c1-6-16-9-7-8-10-17(16)11-13-26-22-18(21(28)27(23(26)29)24(3,4)5)15(2)19(31-22)20-25-12-14-30-20/h7-10,12,14H,6,11,13H2,1-5H3. The smallest absolute Gasteiger partial charge is 0.332 e. The fourth-order valence-electron chi connectivity index (χ4n) is 4.05. The molecular weight excluding hydrogens is 410 g/mol. The van der Waals surface area contributed by atoms with Crippen LogP contribution in [0.2, 0.25) is 0 Å². The number of hydrogen-bond acceptors (Lipinski definition) is 5. The first-order valence-electron chi connectivity index (χ1n) is 10.5. The molecular formula is C24H27N3O3S. The van der Waals surface area contributed by atoms with Crippen molar-refractivity contribution in [2.75, 3.05) is 0 Å². The molecule has 0 saturated heterocycles. The van der Waals surface area contributed by atoms with E-state index in [2.05, 4.69) is 24.0 Å². The van der Waals surface area contributed by atoms with E-state index in [-0.39, 0.29) is 11.2 Å². The summed E-state index contributed by atoms with van der Waals surface area (Å²) in [6, 6.07) is 8.30. The van der Waals surface area contributed by atoms with E-state index < -0.39 is 5.54 Å². The van der Waals surface area contributed by atoms with Gasteiger partial charge in [-0.05, 0) is 57.2 Å². The fraction of sp³-hybridized carbons (Fsp3) is 0.375. The summed E-state index contributed by atoms with van der Waals surface area (Å²) < 4.78 is 8.62. The SMILES string of the molecule is CCc1ccccc1CCn1c(=O)n(C(C)(C)C)c(=O)c2c(C)c(-c3ncco3)sc21. The Morgan fingerprint density at radius 3 is 2.45 bits per heavy atom. The summed E-state index contributed by atoms with van der Waals surface area (Å²) in [6.45, 7) is 10.2. The van der Waals surface area contributed by atoms with Crippen LogP contribution in [0, 0.1) is 6.92 Å². The summed E-state index contributed by atoms with van der Waals surface area (Å²) >= 11 is 1.39. The van der Waals surface area contributed by atoms with Crippen molar-refractivity contribution in [3.05, 3.63) is 74.3 Å². The van der Waals surface area contributed by atoms with Crippen LogP contribution in [-0.4, -0.2) is 14.1 Å². The van der Waals surface area contributed by atoms with Gasteiger partial charge in [-0.25, -0.2) is 9.78 Å². The lowest BCUT2D eigenvalue weighted by molar-refractivity contribution is 0.358. The molecule has 4 aromatic rings. The van der Waals surface area contributed by atoms with Gasteiger partial charge >= 0.3 is 5.69 Å². The molecule has 0 unspecified atom stereocenters. The number of fused-ring (bicyclic) bond motifs is 1. The molecule has 0 atom stereocenters. The van der Waals surface area contributed by atoms with Crippen LogP contribution in [0.4, 0.5) is 0 Å². The van der Waals surface area contributed by atoms with Crippen molar-refractivity contribution >= 4 is 21.6 Å². The van der Waals surface area contributed by atoms with Crippen LogP contribution in [0.25, 0.3) is 21.0 Å². The summed E-state index contributed by atoms with van der Waals surface area (Å²) in [6.07, 6.45) is 4.75. The molecule has 4 rings (SSSR count). The van der Waals surface area contributed by atoms with Crippen LogP contribution in [0.1, 0.15) is 44.4 Å². The molecule has 0 radical (unpaired) electrons. The average molecular weight is 438 g/mol. The number of thiophene rings is 1. The number of aromatic nitrogens is 3. The molecule has 162 valence electrons. The summed E-state index contributed by atoms with van der Waals surface area (Å²) in [5.41, 5.74) is 2.12. The topological polar surface area (TPSA) is 70.0 Å². The highest BCUT2D eigenvalue weighted by atomic mass is 32.1. The maximum absolute atomic E-state index is 13.5. The summed E-state index contributed by atoms with van der Waals surface area (Å²) in [7, 11) is 0. The molecule has 6 nitrogen and oxygen atoms in total. The van der Waals surface area contributed by atoms with Crippen molar-refractivity contribution in [2.45, 2.75) is 59.5 Å². The highest BCUT2D eigenvalue weighted by Gasteiger charge is 2.26. The van der Waals surface area contributed by atoms with Gasteiger partial charge in [0.1, 0.15) is 11.1 Å². The first kappa shape index (κ1) is 21.3. The van der Waals surface area contributed by atoms with E-state index in [0.717, 1.165) is 16.9 Å². The quantitative estimate of drug-likeness (QED) is 0.452. The molecule has 0 bridgehead atoms. The second kappa shape index (κ2) is 7.96. The minimum atomic E-state index is -0.636. The maximum Gasteiger partial charge on any atom is 0.332 e. The summed E-state index contributed by atoms with van der Waals surface area (Å²) in [4.78, 5) is 32.7. The van der Waals surface area contributed by atoms with Gasteiger partial charge in [0, 0.05) is 12.1 Å². The third kappa shape index (κ3) is 3.67. The lowest BCUT2D eigenvalue weighted by atomic mass is 10.0. The van der Waals surface area contributed by atoms with Crippen LogP contribution >= 0.6 is 11.3 Å². The highest BCUT2D eigenvalue weighted by molar-refractivity contribution is 7.22. The van der Waals surface area contributed by atoms with Crippen LogP contribution < -0.4 is 11.2 Å². The van der Waals surface area contributed by atoms with Crippen molar-refractivity contribution in [3.63, 3.8) is 0 Å². The van der Waals surface area contributed by atoms with Gasteiger partial charge in [0.05, 0.1) is 16.5 Å². The largest absolute Gasteiger partial charge is 0.444 e.